The van der Waals surface area contributed by atoms with Crippen molar-refractivity contribution < 1.29 is 4.79 Å². The van der Waals surface area contributed by atoms with Crippen molar-refractivity contribution in [1.29, 1.82) is 0 Å². The quantitative estimate of drug-likeness (QED) is 0.739. The van der Waals surface area contributed by atoms with Gasteiger partial charge in [0.2, 0.25) is 0 Å². The van der Waals surface area contributed by atoms with Gasteiger partial charge in [0.25, 0.3) is 5.91 Å². The van der Waals surface area contributed by atoms with Gasteiger partial charge >= 0.3 is 0 Å². The molecule has 0 unspecified atom stereocenters. The fraction of sp³-hybridized carbons (Fsp3) is 0.263. The first-order chi connectivity index (χ1) is 12.3. The van der Waals surface area contributed by atoms with E-state index in [9.17, 15) is 4.79 Å². The molecule has 4 rings (SSSR count). The molecule has 1 amide bonds. The Bertz CT molecular complexity index is 839. The molecule has 25 heavy (non-hydrogen) atoms. The van der Waals surface area contributed by atoms with E-state index < -0.39 is 0 Å². The summed E-state index contributed by atoms with van der Waals surface area (Å²) in [6.45, 7) is 1.55. The van der Waals surface area contributed by atoms with E-state index in [1.807, 2.05) is 11.0 Å². The average molecular weight is 333 g/mol. The molecule has 0 saturated carbocycles. The second-order valence-corrected chi connectivity index (χ2v) is 6.22. The topological polar surface area (TPSA) is 63.9 Å². The number of nitrogens with zero attached hydrogens (tertiary/aromatic N) is 5. The summed E-state index contributed by atoms with van der Waals surface area (Å²) in [5.41, 5.74) is 2.01. The molecule has 0 spiro atoms. The van der Waals surface area contributed by atoms with E-state index in [-0.39, 0.29) is 5.91 Å². The zero-order valence-corrected chi connectivity index (χ0v) is 13.8. The molecule has 0 radical (unpaired) electrons. The molecule has 2 aromatic heterocycles. The number of hydrogen-bond donors (Lipinski definition) is 0. The van der Waals surface area contributed by atoms with E-state index in [1.54, 1.807) is 29.3 Å². The summed E-state index contributed by atoms with van der Waals surface area (Å²) < 4.78 is 1.55. The number of likely N-dealkylation sites (tertiary alicyclic amines) is 1. The second kappa shape index (κ2) is 6.84. The number of amides is 1. The van der Waals surface area contributed by atoms with E-state index in [2.05, 4.69) is 39.3 Å². The molecule has 0 atom stereocenters. The molecular formula is C19H19N5O. The van der Waals surface area contributed by atoms with Gasteiger partial charge in [0.1, 0.15) is 12.7 Å². The summed E-state index contributed by atoms with van der Waals surface area (Å²) in [5, 5.41) is 4.06. The van der Waals surface area contributed by atoms with E-state index in [4.69, 9.17) is 0 Å². The van der Waals surface area contributed by atoms with Crippen molar-refractivity contribution in [1.82, 2.24) is 24.6 Å². The summed E-state index contributed by atoms with van der Waals surface area (Å²) in [7, 11) is 0. The fourth-order valence-corrected chi connectivity index (χ4v) is 3.33. The minimum Gasteiger partial charge on any atom is -0.339 e. The van der Waals surface area contributed by atoms with Gasteiger partial charge in [-0.15, -0.1) is 0 Å². The Hall–Kier alpha value is -3.02. The van der Waals surface area contributed by atoms with Gasteiger partial charge < -0.3 is 4.90 Å². The molecule has 3 aromatic rings. The molecule has 6 nitrogen and oxygen atoms in total. The third-order valence-corrected chi connectivity index (χ3v) is 4.70. The van der Waals surface area contributed by atoms with E-state index in [1.165, 1.54) is 11.9 Å². The first-order valence-corrected chi connectivity index (χ1v) is 8.46. The highest BCUT2D eigenvalue weighted by atomic mass is 16.2. The number of carbonyl (C=O) groups is 1. The number of benzene rings is 1. The van der Waals surface area contributed by atoms with E-state index in [0.29, 0.717) is 17.3 Å². The summed E-state index contributed by atoms with van der Waals surface area (Å²) in [5.74, 6) is 1.19. The van der Waals surface area contributed by atoms with Crippen molar-refractivity contribution in [2.75, 3.05) is 13.1 Å². The number of hydrogen-bond acceptors (Lipinski definition) is 4. The first-order valence-electron chi connectivity index (χ1n) is 8.46. The van der Waals surface area contributed by atoms with Gasteiger partial charge in [0, 0.05) is 24.8 Å². The van der Waals surface area contributed by atoms with Crippen LogP contribution < -0.4 is 0 Å². The number of aromatic nitrogens is 4. The summed E-state index contributed by atoms with van der Waals surface area (Å²) >= 11 is 0. The normalized spacial score (nSPS) is 15.3. The molecule has 0 bridgehead atoms. The van der Waals surface area contributed by atoms with Crippen LogP contribution in [0, 0.1) is 0 Å². The Labute approximate surface area is 146 Å². The Morgan fingerprint density at radius 3 is 2.60 bits per heavy atom. The van der Waals surface area contributed by atoms with Crippen LogP contribution >= 0.6 is 0 Å². The predicted molar refractivity (Wildman–Crippen MR) is 93.5 cm³/mol. The largest absolute Gasteiger partial charge is 0.339 e. The number of rotatable bonds is 3. The van der Waals surface area contributed by atoms with Crippen molar-refractivity contribution in [2.45, 2.75) is 18.8 Å². The zero-order chi connectivity index (χ0) is 17.1. The van der Waals surface area contributed by atoms with Crippen LogP contribution in [0.25, 0.3) is 5.82 Å². The van der Waals surface area contributed by atoms with Gasteiger partial charge in [0.05, 0.1) is 0 Å². The smallest absolute Gasteiger partial charge is 0.254 e. The molecule has 1 fully saturated rings. The standard InChI is InChI=1S/C19H19N5O/c25-19(17-6-9-21-18(12-17)24-14-20-13-22-24)23-10-7-16(8-11-23)15-4-2-1-3-5-15/h1-6,9,12-14,16H,7-8,10-11H2. The maximum atomic E-state index is 12.8. The Balaban J connectivity index is 1.45. The second-order valence-electron chi connectivity index (χ2n) is 6.22. The molecule has 1 aromatic carbocycles. The summed E-state index contributed by atoms with van der Waals surface area (Å²) in [4.78, 5) is 22.9. The van der Waals surface area contributed by atoms with E-state index in [0.717, 1.165) is 25.9 Å². The predicted octanol–water partition coefficient (Wildman–Crippen LogP) is 2.68. The van der Waals surface area contributed by atoms with Crippen LogP contribution in [0.2, 0.25) is 0 Å². The zero-order valence-electron chi connectivity index (χ0n) is 13.8. The lowest BCUT2D eigenvalue weighted by Crippen LogP contribution is -2.38. The van der Waals surface area contributed by atoms with Crippen LogP contribution in [0.5, 0.6) is 0 Å². The Kier molecular flexibility index (Phi) is 4.24. The molecule has 3 heterocycles. The summed E-state index contributed by atoms with van der Waals surface area (Å²) in [6.07, 6.45) is 6.65. The van der Waals surface area contributed by atoms with Crippen LogP contribution in [0.1, 0.15) is 34.7 Å². The van der Waals surface area contributed by atoms with Crippen molar-refractivity contribution in [2.24, 2.45) is 0 Å². The third kappa shape index (κ3) is 3.28. The molecule has 6 heteroatoms. The minimum absolute atomic E-state index is 0.0512. The number of piperidine rings is 1. The number of carbonyl (C=O) groups excluding carboxylic acids is 1. The van der Waals surface area contributed by atoms with Gasteiger partial charge in [-0.25, -0.2) is 14.6 Å². The molecule has 0 N–H and O–H groups in total. The maximum Gasteiger partial charge on any atom is 0.254 e. The minimum atomic E-state index is 0.0512. The van der Waals surface area contributed by atoms with Gasteiger partial charge in [-0.2, -0.15) is 5.10 Å². The molecule has 0 aliphatic carbocycles. The summed E-state index contributed by atoms with van der Waals surface area (Å²) in [6, 6.07) is 14.1. The van der Waals surface area contributed by atoms with Gasteiger partial charge in [-0.3, -0.25) is 4.79 Å². The third-order valence-electron chi connectivity index (χ3n) is 4.70. The Morgan fingerprint density at radius 1 is 1.08 bits per heavy atom. The lowest BCUT2D eigenvalue weighted by Gasteiger charge is -2.32. The monoisotopic (exact) mass is 333 g/mol. The first kappa shape index (κ1) is 15.5. The van der Waals surface area contributed by atoms with Crippen molar-refractivity contribution >= 4 is 5.91 Å². The van der Waals surface area contributed by atoms with Gasteiger partial charge in [0.15, 0.2) is 5.82 Å². The molecule has 126 valence electrons. The van der Waals surface area contributed by atoms with Crippen molar-refractivity contribution in [3.63, 3.8) is 0 Å². The lowest BCUT2D eigenvalue weighted by molar-refractivity contribution is 0.0713. The van der Waals surface area contributed by atoms with E-state index >= 15 is 0 Å². The molecule has 1 aliphatic heterocycles. The maximum absolute atomic E-state index is 12.8. The molecular weight excluding hydrogens is 314 g/mol. The van der Waals surface area contributed by atoms with Crippen LogP contribution in [0.15, 0.2) is 61.3 Å². The molecule has 1 aliphatic rings. The fourth-order valence-electron chi connectivity index (χ4n) is 3.33. The van der Waals surface area contributed by atoms with Crippen LogP contribution in [0.3, 0.4) is 0 Å². The van der Waals surface area contributed by atoms with Crippen molar-refractivity contribution in [3.05, 3.63) is 72.4 Å². The highest BCUT2D eigenvalue weighted by Crippen LogP contribution is 2.28. The lowest BCUT2D eigenvalue weighted by atomic mass is 9.89. The van der Waals surface area contributed by atoms with Crippen LogP contribution in [-0.2, 0) is 0 Å². The molecule has 1 saturated heterocycles. The number of pyridine rings is 1. The van der Waals surface area contributed by atoms with Gasteiger partial charge in [-0.1, -0.05) is 30.3 Å². The highest BCUT2D eigenvalue weighted by Gasteiger charge is 2.24. The SMILES string of the molecule is O=C(c1ccnc(-n2cncn2)c1)N1CCC(c2ccccc2)CC1. The van der Waals surface area contributed by atoms with Crippen LogP contribution in [0.4, 0.5) is 0 Å². The Morgan fingerprint density at radius 2 is 1.88 bits per heavy atom. The van der Waals surface area contributed by atoms with Crippen molar-refractivity contribution in [3.8, 4) is 5.82 Å². The average Bonchev–Trinajstić information content (AvgIpc) is 3.23. The highest BCUT2D eigenvalue weighted by molar-refractivity contribution is 5.94. The van der Waals surface area contributed by atoms with Crippen LogP contribution in [-0.4, -0.2) is 43.6 Å². The van der Waals surface area contributed by atoms with Gasteiger partial charge in [-0.05, 0) is 36.5 Å².